The van der Waals surface area contributed by atoms with Crippen molar-refractivity contribution in [3.05, 3.63) is 0 Å². The van der Waals surface area contributed by atoms with E-state index in [9.17, 15) is 13.2 Å². The Hall–Kier alpha value is -0.660. The number of hydrogen-bond acceptors (Lipinski definition) is 4. The summed E-state index contributed by atoms with van der Waals surface area (Å²) >= 11 is 0. The van der Waals surface area contributed by atoms with Gasteiger partial charge in [0, 0.05) is 0 Å². The van der Waals surface area contributed by atoms with Gasteiger partial charge in [0.05, 0.1) is 0 Å². The molecule has 0 aliphatic heterocycles. The number of amides is 1. The Balaban J connectivity index is 4.29. The molecule has 0 aliphatic rings. The highest BCUT2D eigenvalue weighted by molar-refractivity contribution is 8.01. The van der Waals surface area contributed by atoms with Crippen LogP contribution in [0.3, 0.4) is 0 Å². The first kappa shape index (κ1) is 7.34. The summed E-state index contributed by atoms with van der Waals surface area (Å²) in [6.07, 6.45) is 0. The Morgan fingerprint density at radius 1 is 1.50 bits per heavy atom. The normalized spacial score (nSPS) is 10.8. The van der Waals surface area contributed by atoms with Crippen molar-refractivity contribution in [3.63, 3.8) is 0 Å². The monoisotopic (exact) mass is 141 g/mol. The maximum Gasteiger partial charge on any atom is 0.386 e. The molecule has 0 aromatic heterocycles. The summed E-state index contributed by atoms with van der Waals surface area (Å²) in [5.41, 5.74) is 0.728. The Morgan fingerprint density at radius 2 is 1.88 bits per heavy atom. The zero-order chi connectivity index (χ0) is 6.78. The first-order chi connectivity index (χ1) is 3.48. The molecule has 0 rings (SSSR count). The van der Waals surface area contributed by atoms with Crippen molar-refractivity contribution in [2.75, 3.05) is 0 Å². The van der Waals surface area contributed by atoms with Gasteiger partial charge in [-0.1, -0.05) is 0 Å². The zero-order valence-electron chi connectivity index (χ0n) is 3.53. The summed E-state index contributed by atoms with van der Waals surface area (Å²) in [6.45, 7) is 0. The maximum atomic E-state index is 9.63. The molecule has 0 spiro atoms. The summed E-state index contributed by atoms with van der Waals surface area (Å²) in [4.78, 5) is 9.63. The molecular weight excluding hydrogens is 138 g/mol. The highest BCUT2D eigenvalue weighted by atomic mass is 32.2. The lowest BCUT2D eigenvalue weighted by molar-refractivity contribution is 0.177. The Labute approximate surface area is 44.8 Å². The van der Waals surface area contributed by atoms with Gasteiger partial charge < -0.3 is 0 Å². The first-order valence-corrected chi connectivity index (χ1v) is 2.84. The average Bonchev–Trinajstić information content (AvgIpc) is 1.62. The first-order valence-electron chi connectivity index (χ1n) is 1.40. The van der Waals surface area contributed by atoms with Crippen LogP contribution in [0.5, 0.6) is 0 Å². The van der Waals surface area contributed by atoms with E-state index < -0.39 is 15.4 Å². The average molecular weight is 141 g/mol. The minimum absolute atomic E-state index is 0.728. The van der Waals surface area contributed by atoms with Gasteiger partial charge in [-0.05, 0) is 0 Å². The van der Waals surface area contributed by atoms with Crippen molar-refractivity contribution in [1.82, 2.24) is 5.48 Å². The lowest BCUT2D eigenvalue weighted by Crippen LogP contribution is -2.25. The lowest BCUT2D eigenvalue weighted by atomic mass is 11.4. The van der Waals surface area contributed by atoms with E-state index in [2.05, 4.69) is 0 Å². The molecule has 0 aliphatic carbocycles. The van der Waals surface area contributed by atoms with Crippen LogP contribution >= 0.6 is 0 Å². The van der Waals surface area contributed by atoms with Gasteiger partial charge in [-0.25, -0.2) is 5.48 Å². The second-order valence-corrected chi connectivity index (χ2v) is 2.20. The van der Waals surface area contributed by atoms with Crippen LogP contribution in [0.2, 0.25) is 0 Å². The zero-order valence-corrected chi connectivity index (χ0v) is 4.34. The highest BCUT2D eigenvalue weighted by Gasteiger charge is 2.15. The van der Waals surface area contributed by atoms with Crippen molar-refractivity contribution in [2.24, 2.45) is 0 Å². The van der Waals surface area contributed by atoms with Crippen LogP contribution in [-0.2, 0) is 10.1 Å². The van der Waals surface area contributed by atoms with Crippen molar-refractivity contribution < 1.29 is 23.0 Å². The summed E-state index contributed by atoms with van der Waals surface area (Å²) in [5, 5.41) is 5.70. The summed E-state index contributed by atoms with van der Waals surface area (Å²) < 4.78 is 26.8. The predicted molar refractivity (Wildman–Crippen MR) is 21.9 cm³/mol. The minimum Gasteiger partial charge on any atom is -0.288 e. The molecule has 8 heavy (non-hydrogen) atoms. The van der Waals surface area contributed by atoms with Crippen molar-refractivity contribution in [1.29, 1.82) is 0 Å². The van der Waals surface area contributed by atoms with E-state index in [1.807, 2.05) is 0 Å². The molecule has 7 heteroatoms. The molecule has 0 saturated carbocycles. The molecule has 0 unspecified atom stereocenters. The van der Waals surface area contributed by atoms with E-state index in [0.717, 1.165) is 5.48 Å². The number of hydroxylamine groups is 1. The molecule has 6 nitrogen and oxygen atoms in total. The Bertz CT molecular complexity index is 179. The number of carbonyl (C=O) groups excluding carboxylic acids is 1. The van der Waals surface area contributed by atoms with Crippen LogP contribution in [0.4, 0.5) is 4.79 Å². The molecule has 0 fully saturated rings. The lowest BCUT2D eigenvalue weighted by Gasteiger charge is -1.88. The Morgan fingerprint density at radius 3 is 1.88 bits per heavy atom. The largest absolute Gasteiger partial charge is 0.386 e. The summed E-state index contributed by atoms with van der Waals surface area (Å²) in [5.74, 6) is 0. The third-order valence-electron chi connectivity index (χ3n) is 0.326. The smallest absolute Gasteiger partial charge is 0.288 e. The van der Waals surface area contributed by atoms with E-state index in [4.69, 9.17) is 9.76 Å². The third kappa shape index (κ3) is 1.87. The van der Waals surface area contributed by atoms with Gasteiger partial charge in [0.2, 0.25) is 0 Å². The minimum atomic E-state index is -4.75. The van der Waals surface area contributed by atoms with E-state index in [-0.39, 0.29) is 0 Å². The maximum absolute atomic E-state index is 9.63. The molecule has 0 radical (unpaired) electrons. The van der Waals surface area contributed by atoms with E-state index >= 15 is 0 Å². The van der Waals surface area contributed by atoms with Gasteiger partial charge in [0.25, 0.3) is 0 Å². The van der Waals surface area contributed by atoms with Crippen molar-refractivity contribution in [3.8, 4) is 0 Å². The summed E-state index contributed by atoms with van der Waals surface area (Å²) in [6, 6.07) is 0. The molecule has 0 bridgehead atoms. The fourth-order valence-electron chi connectivity index (χ4n) is 0.0577. The fourth-order valence-corrected chi connectivity index (χ4v) is 0.173. The van der Waals surface area contributed by atoms with Crippen LogP contribution in [-0.4, -0.2) is 23.4 Å². The third-order valence-corrected chi connectivity index (χ3v) is 0.885. The van der Waals surface area contributed by atoms with E-state index in [1.165, 1.54) is 0 Å². The molecule has 48 valence electrons. The number of hydrogen-bond donors (Lipinski definition) is 3. The van der Waals surface area contributed by atoms with Crippen LogP contribution in [0.1, 0.15) is 0 Å². The molecule has 0 atom stereocenters. The molecule has 0 heterocycles. The van der Waals surface area contributed by atoms with Gasteiger partial charge >= 0.3 is 15.4 Å². The summed E-state index contributed by atoms with van der Waals surface area (Å²) in [7, 11) is -4.75. The highest BCUT2D eigenvalue weighted by Crippen LogP contribution is 1.79. The van der Waals surface area contributed by atoms with Gasteiger partial charge in [0.15, 0.2) is 0 Å². The standard InChI is InChI=1S/CH3NO5S/c3-1(2-4)8(5,6)7/h4H,(H,2,3)(H,5,6,7). The van der Waals surface area contributed by atoms with Gasteiger partial charge in [-0.2, -0.15) is 8.42 Å². The molecule has 0 saturated heterocycles. The number of rotatable bonds is 0. The predicted octanol–water partition coefficient (Wildman–Crippen LogP) is -1.03. The van der Waals surface area contributed by atoms with Crippen LogP contribution in [0, 0.1) is 0 Å². The SMILES string of the molecule is O=C(NO)S(=O)(=O)O. The van der Waals surface area contributed by atoms with Gasteiger partial charge in [-0.15, -0.1) is 0 Å². The van der Waals surface area contributed by atoms with Gasteiger partial charge in [-0.3, -0.25) is 14.6 Å². The van der Waals surface area contributed by atoms with Crippen LogP contribution < -0.4 is 5.48 Å². The second-order valence-electron chi connectivity index (χ2n) is 0.874. The van der Waals surface area contributed by atoms with Crippen LogP contribution in [0.15, 0.2) is 0 Å². The molecule has 3 N–H and O–H groups in total. The number of carbonyl (C=O) groups is 1. The second kappa shape index (κ2) is 2.07. The number of nitrogens with one attached hydrogen (secondary N) is 1. The van der Waals surface area contributed by atoms with Crippen LogP contribution in [0.25, 0.3) is 0 Å². The van der Waals surface area contributed by atoms with Crippen molar-refractivity contribution >= 4 is 15.4 Å². The molecule has 0 aromatic carbocycles. The topological polar surface area (TPSA) is 104 Å². The van der Waals surface area contributed by atoms with Gasteiger partial charge in [0.1, 0.15) is 0 Å². The van der Waals surface area contributed by atoms with E-state index in [1.54, 1.807) is 0 Å². The van der Waals surface area contributed by atoms with E-state index in [0.29, 0.717) is 0 Å². The molecular formula is CH3NO5S. The fraction of sp³-hybridized carbons (Fsp3) is 0. The quantitative estimate of drug-likeness (QED) is 0.227. The molecule has 1 amide bonds. The van der Waals surface area contributed by atoms with Crippen molar-refractivity contribution in [2.45, 2.75) is 0 Å². The molecule has 0 aromatic rings. The Kier molecular flexibility index (Phi) is 1.90.